The maximum absolute atomic E-state index is 12.3. The van der Waals surface area contributed by atoms with E-state index >= 15 is 0 Å². The Morgan fingerprint density at radius 3 is 2.71 bits per heavy atom. The number of amides is 2. The van der Waals surface area contributed by atoms with Crippen LogP contribution in [-0.4, -0.2) is 44.2 Å². The first kappa shape index (κ1) is 22.6. The second-order valence-corrected chi connectivity index (χ2v) is 7.56. The van der Waals surface area contributed by atoms with Crippen molar-refractivity contribution in [3.8, 4) is 5.75 Å². The number of anilines is 2. The van der Waals surface area contributed by atoms with E-state index in [1.165, 1.54) is 0 Å². The Bertz CT molecular complexity index is 848. The molecule has 1 unspecified atom stereocenters. The molecule has 1 heterocycles. The van der Waals surface area contributed by atoms with Gasteiger partial charge in [0, 0.05) is 36.2 Å². The topological polar surface area (TPSA) is 88.7 Å². The highest BCUT2D eigenvalue weighted by Gasteiger charge is 2.16. The van der Waals surface area contributed by atoms with E-state index in [9.17, 15) is 9.59 Å². The third kappa shape index (κ3) is 7.61. The van der Waals surface area contributed by atoms with E-state index in [4.69, 9.17) is 9.47 Å². The van der Waals surface area contributed by atoms with Gasteiger partial charge < -0.3 is 25.4 Å². The monoisotopic (exact) mass is 425 g/mol. The minimum Gasteiger partial charge on any atom is -0.491 e. The fourth-order valence-corrected chi connectivity index (χ4v) is 3.23. The van der Waals surface area contributed by atoms with Crippen LogP contribution in [0.25, 0.3) is 0 Å². The summed E-state index contributed by atoms with van der Waals surface area (Å²) in [5, 5.41) is 8.80. The Hall–Kier alpha value is -3.06. The van der Waals surface area contributed by atoms with Gasteiger partial charge in [0.25, 0.3) is 5.91 Å². The highest BCUT2D eigenvalue weighted by atomic mass is 16.5. The number of nitrogens with one attached hydrogen (secondary N) is 3. The molecule has 1 atom stereocenters. The van der Waals surface area contributed by atoms with Gasteiger partial charge in [0.1, 0.15) is 12.4 Å². The first-order valence-electron chi connectivity index (χ1n) is 10.9. The summed E-state index contributed by atoms with van der Waals surface area (Å²) >= 11 is 0. The van der Waals surface area contributed by atoms with Gasteiger partial charge in [0.05, 0.1) is 12.6 Å². The quantitative estimate of drug-likeness (QED) is 0.476. The third-order valence-corrected chi connectivity index (χ3v) is 4.99. The van der Waals surface area contributed by atoms with E-state index in [1.54, 1.807) is 24.3 Å². The van der Waals surface area contributed by atoms with Crippen LogP contribution >= 0.6 is 0 Å². The molecule has 1 aliphatic rings. The minimum atomic E-state index is -0.175. The van der Waals surface area contributed by atoms with Crippen molar-refractivity contribution in [3.63, 3.8) is 0 Å². The third-order valence-electron chi connectivity index (χ3n) is 4.99. The molecule has 0 aliphatic carbocycles. The van der Waals surface area contributed by atoms with E-state index < -0.39 is 0 Å². The first-order chi connectivity index (χ1) is 15.1. The fraction of sp³-hybridized carbons (Fsp3) is 0.417. The fourth-order valence-electron chi connectivity index (χ4n) is 3.23. The van der Waals surface area contributed by atoms with Gasteiger partial charge in [-0.2, -0.15) is 0 Å². The number of carbonyl (C=O) groups is 2. The SMILES string of the molecule is CCCCNC(=O)c1ccc(NC(=O)CNc2cccc(OCC3CCCO3)c2)cc1. The normalized spacial score (nSPS) is 15.3. The number of carbonyl (C=O) groups excluding carboxylic acids is 2. The summed E-state index contributed by atoms with van der Waals surface area (Å²) in [4.78, 5) is 24.3. The highest BCUT2D eigenvalue weighted by Crippen LogP contribution is 2.19. The molecule has 0 aromatic heterocycles. The van der Waals surface area contributed by atoms with Crippen molar-refractivity contribution in [1.29, 1.82) is 0 Å². The number of benzene rings is 2. The van der Waals surface area contributed by atoms with Gasteiger partial charge in [-0.3, -0.25) is 9.59 Å². The Morgan fingerprint density at radius 1 is 1.13 bits per heavy atom. The zero-order valence-corrected chi connectivity index (χ0v) is 18.0. The lowest BCUT2D eigenvalue weighted by Crippen LogP contribution is -2.24. The van der Waals surface area contributed by atoms with Crippen molar-refractivity contribution in [2.45, 2.75) is 38.7 Å². The van der Waals surface area contributed by atoms with Crippen LogP contribution in [0.3, 0.4) is 0 Å². The predicted molar refractivity (Wildman–Crippen MR) is 122 cm³/mol. The van der Waals surface area contributed by atoms with Gasteiger partial charge in [-0.05, 0) is 55.7 Å². The van der Waals surface area contributed by atoms with Crippen molar-refractivity contribution >= 4 is 23.2 Å². The summed E-state index contributed by atoms with van der Waals surface area (Å²) in [6.07, 6.45) is 4.27. The molecule has 166 valence electrons. The molecule has 1 aliphatic heterocycles. The summed E-state index contributed by atoms with van der Waals surface area (Å²) in [5.41, 5.74) is 2.02. The van der Waals surface area contributed by atoms with Crippen molar-refractivity contribution in [2.75, 3.05) is 36.9 Å². The van der Waals surface area contributed by atoms with Gasteiger partial charge in [-0.1, -0.05) is 19.4 Å². The summed E-state index contributed by atoms with van der Waals surface area (Å²) in [6.45, 7) is 4.21. The predicted octanol–water partition coefficient (Wildman–Crippen LogP) is 3.82. The van der Waals surface area contributed by atoms with E-state index in [0.29, 0.717) is 24.4 Å². The lowest BCUT2D eigenvalue weighted by atomic mass is 10.2. The van der Waals surface area contributed by atoms with Crippen LogP contribution in [0.15, 0.2) is 48.5 Å². The second kappa shape index (κ2) is 12.0. The van der Waals surface area contributed by atoms with E-state index in [2.05, 4.69) is 22.9 Å². The molecule has 7 heteroatoms. The molecule has 0 saturated carbocycles. The zero-order valence-electron chi connectivity index (χ0n) is 18.0. The second-order valence-electron chi connectivity index (χ2n) is 7.56. The van der Waals surface area contributed by atoms with E-state index in [1.807, 2.05) is 24.3 Å². The first-order valence-corrected chi connectivity index (χ1v) is 10.9. The molecule has 2 aromatic rings. The summed E-state index contributed by atoms with van der Waals surface area (Å²) < 4.78 is 11.4. The van der Waals surface area contributed by atoms with Crippen molar-refractivity contribution in [3.05, 3.63) is 54.1 Å². The van der Waals surface area contributed by atoms with E-state index in [0.717, 1.165) is 43.7 Å². The van der Waals surface area contributed by atoms with Gasteiger partial charge in [0.2, 0.25) is 5.91 Å². The number of hydrogen-bond acceptors (Lipinski definition) is 5. The number of hydrogen-bond donors (Lipinski definition) is 3. The highest BCUT2D eigenvalue weighted by molar-refractivity contribution is 5.96. The molecule has 31 heavy (non-hydrogen) atoms. The molecule has 1 saturated heterocycles. The molecule has 2 aromatic carbocycles. The van der Waals surface area contributed by atoms with Crippen LogP contribution in [0.2, 0.25) is 0 Å². The Kier molecular flexibility index (Phi) is 8.72. The molecule has 0 spiro atoms. The van der Waals surface area contributed by atoms with Crippen LogP contribution in [0, 0.1) is 0 Å². The molecular weight excluding hydrogens is 394 g/mol. The van der Waals surface area contributed by atoms with Crippen LogP contribution in [0.4, 0.5) is 11.4 Å². The largest absolute Gasteiger partial charge is 0.491 e. The van der Waals surface area contributed by atoms with Crippen LogP contribution in [0.5, 0.6) is 5.75 Å². The lowest BCUT2D eigenvalue weighted by Gasteiger charge is -2.13. The van der Waals surface area contributed by atoms with Gasteiger partial charge in [-0.25, -0.2) is 0 Å². The number of unbranched alkanes of at least 4 members (excludes halogenated alkanes) is 1. The molecule has 7 nitrogen and oxygen atoms in total. The summed E-state index contributed by atoms with van der Waals surface area (Å²) in [6, 6.07) is 14.4. The zero-order chi connectivity index (χ0) is 21.9. The van der Waals surface area contributed by atoms with E-state index in [-0.39, 0.29) is 24.5 Å². The van der Waals surface area contributed by atoms with Crippen molar-refractivity contribution in [1.82, 2.24) is 5.32 Å². The average Bonchev–Trinajstić information content (AvgIpc) is 3.31. The smallest absolute Gasteiger partial charge is 0.251 e. The van der Waals surface area contributed by atoms with Crippen LogP contribution in [-0.2, 0) is 9.53 Å². The summed E-state index contributed by atoms with van der Waals surface area (Å²) in [5.74, 6) is 0.467. The number of ether oxygens (including phenoxy) is 2. The minimum absolute atomic E-state index is 0.102. The average molecular weight is 426 g/mol. The van der Waals surface area contributed by atoms with Gasteiger partial charge >= 0.3 is 0 Å². The van der Waals surface area contributed by atoms with Crippen LogP contribution in [0.1, 0.15) is 43.0 Å². The molecule has 3 rings (SSSR count). The lowest BCUT2D eigenvalue weighted by molar-refractivity contribution is -0.114. The maximum Gasteiger partial charge on any atom is 0.251 e. The van der Waals surface area contributed by atoms with Crippen molar-refractivity contribution in [2.24, 2.45) is 0 Å². The van der Waals surface area contributed by atoms with Gasteiger partial charge in [-0.15, -0.1) is 0 Å². The molecule has 3 N–H and O–H groups in total. The maximum atomic E-state index is 12.3. The summed E-state index contributed by atoms with van der Waals surface area (Å²) in [7, 11) is 0. The Labute approximate surface area is 183 Å². The molecule has 0 bridgehead atoms. The molecular formula is C24H31N3O4. The molecule has 2 amide bonds. The number of rotatable bonds is 11. The standard InChI is InChI=1S/C24H31N3O4/c1-2-3-13-25-24(29)18-9-11-19(12-10-18)27-23(28)16-26-20-6-4-7-21(15-20)31-17-22-8-5-14-30-22/h4,6-7,9-12,15,22,26H,2-3,5,8,13-14,16-17H2,1H3,(H,25,29)(H,27,28). The van der Waals surface area contributed by atoms with Crippen molar-refractivity contribution < 1.29 is 19.1 Å². The molecule has 1 fully saturated rings. The van der Waals surface area contributed by atoms with Crippen LogP contribution < -0.4 is 20.7 Å². The van der Waals surface area contributed by atoms with Gasteiger partial charge in [0.15, 0.2) is 0 Å². The Morgan fingerprint density at radius 2 is 1.97 bits per heavy atom. The Balaban J connectivity index is 1.42. The molecule has 0 radical (unpaired) electrons.